The first-order valence-corrected chi connectivity index (χ1v) is 10.6. The molecule has 0 bridgehead atoms. The van der Waals surface area contributed by atoms with Gasteiger partial charge in [0.05, 0.1) is 25.4 Å². The molecule has 3 fully saturated rings. The minimum absolute atomic E-state index is 0. The van der Waals surface area contributed by atoms with Gasteiger partial charge in [-0.15, -0.1) is 12.4 Å². The predicted molar refractivity (Wildman–Crippen MR) is 114 cm³/mol. The van der Waals surface area contributed by atoms with E-state index in [9.17, 15) is 0 Å². The molecule has 1 aromatic heterocycles. The van der Waals surface area contributed by atoms with Crippen LogP contribution in [0.1, 0.15) is 38.7 Å². The van der Waals surface area contributed by atoms with Gasteiger partial charge in [0.1, 0.15) is 5.82 Å². The van der Waals surface area contributed by atoms with E-state index in [-0.39, 0.29) is 24.6 Å². The van der Waals surface area contributed by atoms with Crippen molar-refractivity contribution in [3.05, 3.63) is 23.9 Å². The van der Waals surface area contributed by atoms with Gasteiger partial charge in [-0.05, 0) is 44.2 Å². The third-order valence-electron chi connectivity index (χ3n) is 6.16. The molecule has 0 radical (unpaired) electrons. The summed E-state index contributed by atoms with van der Waals surface area (Å²) in [5.74, 6) is 1.73. The van der Waals surface area contributed by atoms with E-state index in [1.54, 1.807) is 0 Å². The average Bonchev–Trinajstić information content (AvgIpc) is 3.15. The van der Waals surface area contributed by atoms with Gasteiger partial charge < -0.3 is 25.0 Å². The third kappa shape index (κ3) is 5.36. The molecule has 1 saturated carbocycles. The molecular weight excluding hydrogens is 376 g/mol. The fraction of sp³-hybridized carbons (Fsp3) is 0.762. The van der Waals surface area contributed by atoms with Crippen LogP contribution in [-0.2, 0) is 16.0 Å². The van der Waals surface area contributed by atoms with Crippen molar-refractivity contribution in [2.75, 3.05) is 37.7 Å². The van der Waals surface area contributed by atoms with Gasteiger partial charge in [-0.1, -0.05) is 12.5 Å². The Labute approximate surface area is 175 Å². The lowest BCUT2D eigenvalue weighted by atomic mass is 9.94. The quantitative estimate of drug-likeness (QED) is 0.777. The molecule has 0 amide bonds. The molecule has 0 spiro atoms. The molecule has 3 heterocycles. The number of morpholine rings is 2. The molecule has 6 nitrogen and oxygen atoms in total. The van der Waals surface area contributed by atoms with Crippen LogP contribution < -0.4 is 15.5 Å². The van der Waals surface area contributed by atoms with Crippen LogP contribution in [0.5, 0.6) is 0 Å². The van der Waals surface area contributed by atoms with Crippen molar-refractivity contribution in [2.24, 2.45) is 5.92 Å². The topological polar surface area (TPSA) is 58.7 Å². The number of nitrogens with one attached hydrogen (secondary N) is 2. The summed E-state index contributed by atoms with van der Waals surface area (Å²) in [6.45, 7) is 9.66. The molecule has 158 valence electrons. The largest absolute Gasteiger partial charge is 0.379 e. The number of anilines is 1. The zero-order chi connectivity index (χ0) is 18.6. The molecule has 1 aromatic rings. The van der Waals surface area contributed by atoms with Gasteiger partial charge in [0.25, 0.3) is 0 Å². The number of hydrogen-bond acceptors (Lipinski definition) is 6. The molecule has 28 heavy (non-hydrogen) atoms. The fourth-order valence-corrected chi connectivity index (χ4v) is 4.91. The summed E-state index contributed by atoms with van der Waals surface area (Å²) in [6, 6.07) is 5.45. The standard InChI is InChI=1S/C21H34N4O2.ClH/c1-15-12-25(13-16(2)27-15)21-7-6-17(11-24-21)10-23-19-5-3-4-18(19)20-14-26-9-8-22-20;/h6-7,11,15-16,18-20,22-23H,3-5,8-10,12-14H2,1-2H3;1H. The Morgan fingerprint density at radius 1 is 1.21 bits per heavy atom. The molecule has 5 atom stereocenters. The van der Waals surface area contributed by atoms with E-state index in [1.165, 1.54) is 24.8 Å². The van der Waals surface area contributed by atoms with Crippen molar-refractivity contribution in [1.29, 1.82) is 0 Å². The monoisotopic (exact) mass is 410 g/mol. The molecule has 2 N–H and O–H groups in total. The summed E-state index contributed by atoms with van der Waals surface area (Å²) in [6.07, 6.45) is 6.41. The van der Waals surface area contributed by atoms with E-state index in [1.807, 2.05) is 6.20 Å². The van der Waals surface area contributed by atoms with Crippen LogP contribution in [0, 0.1) is 5.92 Å². The fourth-order valence-electron chi connectivity index (χ4n) is 4.91. The van der Waals surface area contributed by atoms with Gasteiger partial charge in [0.2, 0.25) is 0 Å². The number of hydrogen-bond donors (Lipinski definition) is 2. The summed E-state index contributed by atoms with van der Waals surface area (Å²) in [7, 11) is 0. The van der Waals surface area contributed by atoms with Gasteiger partial charge in [-0.2, -0.15) is 0 Å². The number of rotatable bonds is 5. The van der Waals surface area contributed by atoms with E-state index in [4.69, 9.17) is 14.5 Å². The summed E-state index contributed by atoms with van der Waals surface area (Å²) < 4.78 is 11.5. The molecule has 0 aromatic carbocycles. The summed E-state index contributed by atoms with van der Waals surface area (Å²) >= 11 is 0. The number of pyridine rings is 1. The first-order valence-electron chi connectivity index (χ1n) is 10.6. The van der Waals surface area contributed by atoms with Crippen molar-refractivity contribution in [3.8, 4) is 0 Å². The van der Waals surface area contributed by atoms with Crippen LogP contribution in [-0.4, -0.2) is 62.1 Å². The van der Waals surface area contributed by atoms with Crippen LogP contribution in [0.25, 0.3) is 0 Å². The molecular formula is C21H35ClN4O2. The summed E-state index contributed by atoms with van der Waals surface area (Å²) in [5, 5.41) is 7.44. The lowest BCUT2D eigenvalue weighted by molar-refractivity contribution is -0.00545. The van der Waals surface area contributed by atoms with Crippen molar-refractivity contribution >= 4 is 18.2 Å². The average molecular weight is 411 g/mol. The highest BCUT2D eigenvalue weighted by atomic mass is 35.5. The van der Waals surface area contributed by atoms with Crippen molar-refractivity contribution in [3.63, 3.8) is 0 Å². The van der Waals surface area contributed by atoms with E-state index >= 15 is 0 Å². The minimum Gasteiger partial charge on any atom is -0.379 e. The molecule has 5 unspecified atom stereocenters. The SMILES string of the molecule is CC1CN(c2ccc(CNC3CCCC3C3COCCN3)cn2)CC(C)O1.Cl. The molecule has 1 aliphatic carbocycles. The molecule has 2 aliphatic heterocycles. The second kappa shape index (κ2) is 10.2. The van der Waals surface area contributed by atoms with Crippen molar-refractivity contribution < 1.29 is 9.47 Å². The van der Waals surface area contributed by atoms with Crippen LogP contribution >= 0.6 is 12.4 Å². The summed E-state index contributed by atoms with van der Waals surface area (Å²) in [5.41, 5.74) is 1.26. The number of halogens is 1. The zero-order valence-electron chi connectivity index (χ0n) is 17.1. The molecule has 7 heteroatoms. The Hall–Kier alpha value is -0.920. The smallest absolute Gasteiger partial charge is 0.128 e. The second-order valence-corrected chi connectivity index (χ2v) is 8.40. The van der Waals surface area contributed by atoms with Crippen molar-refractivity contribution in [2.45, 2.75) is 63.9 Å². The maximum Gasteiger partial charge on any atom is 0.128 e. The van der Waals surface area contributed by atoms with E-state index < -0.39 is 0 Å². The van der Waals surface area contributed by atoms with E-state index in [0.29, 0.717) is 18.0 Å². The van der Waals surface area contributed by atoms with Gasteiger partial charge in [0.15, 0.2) is 0 Å². The van der Waals surface area contributed by atoms with Gasteiger partial charge in [0, 0.05) is 44.5 Å². The van der Waals surface area contributed by atoms with Crippen LogP contribution in [0.2, 0.25) is 0 Å². The first kappa shape index (κ1) is 21.8. The Kier molecular flexibility index (Phi) is 7.94. The zero-order valence-corrected chi connectivity index (χ0v) is 17.9. The van der Waals surface area contributed by atoms with Crippen molar-refractivity contribution in [1.82, 2.24) is 15.6 Å². The minimum atomic E-state index is 0. The lowest BCUT2D eigenvalue weighted by Crippen LogP contribution is -2.50. The Morgan fingerprint density at radius 3 is 2.71 bits per heavy atom. The van der Waals surface area contributed by atoms with Gasteiger partial charge in [-0.25, -0.2) is 4.98 Å². The number of nitrogens with zero attached hydrogens (tertiary/aromatic N) is 2. The number of ether oxygens (including phenoxy) is 2. The Balaban J connectivity index is 0.00000225. The van der Waals surface area contributed by atoms with Crippen LogP contribution in [0.15, 0.2) is 18.3 Å². The Morgan fingerprint density at radius 2 is 2.04 bits per heavy atom. The van der Waals surface area contributed by atoms with Gasteiger partial charge >= 0.3 is 0 Å². The maximum atomic E-state index is 5.82. The lowest BCUT2D eigenvalue weighted by Gasteiger charge is -2.36. The molecule has 3 aliphatic rings. The highest BCUT2D eigenvalue weighted by molar-refractivity contribution is 5.85. The highest BCUT2D eigenvalue weighted by Crippen LogP contribution is 2.29. The van der Waals surface area contributed by atoms with Gasteiger partial charge in [-0.3, -0.25) is 0 Å². The normalized spacial score (nSPS) is 33.5. The molecule has 4 rings (SSSR count). The molecule has 2 saturated heterocycles. The number of aromatic nitrogens is 1. The predicted octanol–water partition coefficient (Wildman–Crippen LogP) is 2.36. The second-order valence-electron chi connectivity index (χ2n) is 8.40. The first-order chi connectivity index (χ1) is 13.2. The highest BCUT2D eigenvalue weighted by Gasteiger charge is 2.34. The van der Waals surface area contributed by atoms with Crippen LogP contribution in [0.3, 0.4) is 0 Å². The van der Waals surface area contributed by atoms with E-state index in [2.05, 4.69) is 41.5 Å². The summed E-state index contributed by atoms with van der Waals surface area (Å²) in [4.78, 5) is 7.05. The maximum absolute atomic E-state index is 5.82. The third-order valence-corrected chi connectivity index (χ3v) is 6.16. The Bertz CT molecular complexity index is 587. The van der Waals surface area contributed by atoms with E-state index in [0.717, 1.165) is 45.2 Å². The van der Waals surface area contributed by atoms with Crippen LogP contribution in [0.4, 0.5) is 5.82 Å².